The van der Waals surface area contributed by atoms with Crippen molar-refractivity contribution in [3.8, 4) is 0 Å². The van der Waals surface area contributed by atoms with E-state index in [1.54, 1.807) is 0 Å². The summed E-state index contributed by atoms with van der Waals surface area (Å²) in [5.74, 6) is 0.553. The van der Waals surface area contributed by atoms with Gasteiger partial charge in [0.1, 0.15) is 0 Å². The zero-order valence-electron chi connectivity index (χ0n) is 4.88. The van der Waals surface area contributed by atoms with Crippen LogP contribution in [-0.2, 0) is 0 Å². The predicted molar refractivity (Wildman–Crippen MR) is 37.2 cm³/mol. The minimum Gasteiger partial charge on any atom is -0.396 e. The summed E-state index contributed by atoms with van der Waals surface area (Å²) >= 11 is 4.29. The molecule has 2 heteroatoms. The fraction of sp³-hybridized carbons (Fsp3) is 1.00. The topological polar surface area (TPSA) is 20.2 Å². The van der Waals surface area contributed by atoms with E-state index in [4.69, 9.17) is 5.11 Å². The van der Waals surface area contributed by atoms with Gasteiger partial charge < -0.3 is 5.11 Å². The molecule has 0 radical (unpaired) electrons. The van der Waals surface area contributed by atoms with Crippen LogP contribution in [-0.4, -0.2) is 17.0 Å². The lowest BCUT2D eigenvalue weighted by atomic mass is 10.1. The lowest BCUT2D eigenvalue weighted by Crippen LogP contribution is -1.99. The number of hydrogen-bond donors (Lipinski definition) is 2. The van der Waals surface area contributed by atoms with Gasteiger partial charge in [0.2, 0.25) is 0 Å². The molecule has 1 saturated carbocycles. The summed E-state index contributed by atoms with van der Waals surface area (Å²) in [6.07, 6.45) is 3.47. The molecule has 2 unspecified atom stereocenters. The van der Waals surface area contributed by atoms with Crippen LogP contribution < -0.4 is 0 Å². The fourth-order valence-electron chi connectivity index (χ4n) is 1.21. The SMILES string of the molecule is OCC1CCC(S)C1. The molecular weight excluding hydrogens is 120 g/mol. The van der Waals surface area contributed by atoms with Gasteiger partial charge in [-0.2, -0.15) is 12.6 Å². The second kappa shape index (κ2) is 2.74. The predicted octanol–water partition coefficient (Wildman–Crippen LogP) is 1.08. The van der Waals surface area contributed by atoms with Crippen LogP contribution in [0, 0.1) is 5.92 Å². The van der Waals surface area contributed by atoms with E-state index in [0.29, 0.717) is 17.8 Å². The van der Waals surface area contributed by atoms with E-state index in [-0.39, 0.29) is 0 Å². The number of aliphatic hydroxyl groups excluding tert-OH is 1. The normalized spacial score (nSPS) is 38.2. The molecule has 0 aromatic heterocycles. The summed E-state index contributed by atoms with van der Waals surface area (Å²) in [6, 6.07) is 0. The molecule has 0 aromatic carbocycles. The minimum absolute atomic E-state index is 0.358. The Kier molecular flexibility index (Phi) is 2.20. The smallest absolute Gasteiger partial charge is 0.0459 e. The zero-order chi connectivity index (χ0) is 5.98. The standard InChI is InChI=1S/C6H12OS/c7-4-5-1-2-6(8)3-5/h5-8H,1-4H2. The first-order chi connectivity index (χ1) is 3.83. The van der Waals surface area contributed by atoms with Gasteiger partial charge in [0.15, 0.2) is 0 Å². The Labute approximate surface area is 55.5 Å². The maximum atomic E-state index is 8.65. The summed E-state index contributed by atoms with van der Waals surface area (Å²) in [5, 5.41) is 9.21. The first-order valence-electron chi connectivity index (χ1n) is 3.12. The van der Waals surface area contributed by atoms with Crippen LogP contribution in [0.15, 0.2) is 0 Å². The monoisotopic (exact) mass is 132 g/mol. The molecule has 48 valence electrons. The van der Waals surface area contributed by atoms with Gasteiger partial charge in [0, 0.05) is 11.9 Å². The minimum atomic E-state index is 0.358. The molecule has 0 aromatic rings. The fourth-order valence-corrected chi connectivity index (χ4v) is 1.66. The van der Waals surface area contributed by atoms with Crippen LogP contribution in [0.1, 0.15) is 19.3 Å². The molecule has 1 rings (SSSR count). The van der Waals surface area contributed by atoms with Gasteiger partial charge >= 0.3 is 0 Å². The third-order valence-electron chi connectivity index (χ3n) is 1.77. The third kappa shape index (κ3) is 1.39. The second-order valence-electron chi connectivity index (χ2n) is 2.52. The highest BCUT2D eigenvalue weighted by Gasteiger charge is 2.20. The molecule has 1 aliphatic carbocycles. The van der Waals surface area contributed by atoms with E-state index < -0.39 is 0 Å². The Bertz CT molecular complexity index is 74.9. The van der Waals surface area contributed by atoms with Crippen molar-refractivity contribution in [2.45, 2.75) is 24.5 Å². The van der Waals surface area contributed by atoms with Crippen molar-refractivity contribution in [2.24, 2.45) is 5.92 Å². The average molecular weight is 132 g/mol. The summed E-state index contributed by atoms with van der Waals surface area (Å²) in [5.41, 5.74) is 0. The van der Waals surface area contributed by atoms with Crippen molar-refractivity contribution >= 4 is 12.6 Å². The second-order valence-corrected chi connectivity index (χ2v) is 3.25. The van der Waals surface area contributed by atoms with Crippen molar-refractivity contribution in [1.29, 1.82) is 0 Å². The first kappa shape index (κ1) is 6.43. The van der Waals surface area contributed by atoms with Gasteiger partial charge in [-0.1, -0.05) is 0 Å². The van der Waals surface area contributed by atoms with E-state index in [2.05, 4.69) is 12.6 Å². The van der Waals surface area contributed by atoms with Gasteiger partial charge in [-0.25, -0.2) is 0 Å². The zero-order valence-corrected chi connectivity index (χ0v) is 5.77. The Morgan fingerprint density at radius 2 is 2.25 bits per heavy atom. The van der Waals surface area contributed by atoms with Gasteiger partial charge in [0.05, 0.1) is 0 Å². The van der Waals surface area contributed by atoms with Gasteiger partial charge in [-0.3, -0.25) is 0 Å². The average Bonchev–Trinajstić information content (AvgIpc) is 2.14. The van der Waals surface area contributed by atoms with Crippen molar-refractivity contribution < 1.29 is 5.11 Å². The lowest BCUT2D eigenvalue weighted by molar-refractivity contribution is 0.230. The summed E-state index contributed by atoms with van der Waals surface area (Å²) in [7, 11) is 0. The Hall–Kier alpha value is 0.310. The van der Waals surface area contributed by atoms with Crippen LogP contribution in [0.5, 0.6) is 0 Å². The molecule has 1 aliphatic rings. The van der Waals surface area contributed by atoms with Crippen LogP contribution in [0.4, 0.5) is 0 Å². The van der Waals surface area contributed by atoms with E-state index in [0.717, 1.165) is 6.42 Å². The van der Waals surface area contributed by atoms with Crippen molar-refractivity contribution in [3.05, 3.63) is 0 Å². The highest BCUT2D eigenvalue weighted by molar-refractivity contribution is 7.80. The van der Waals surface area contributed by atoms with Gasteiger partial charge in [-0.05, 0) is 25.2 Å². The Balaban J connectivity index is 2.22. The molecule has 0 bridgehead atoms. The molecular formula is C6H12OS. The van der Waals surface area contributed by atoms with E-state index in [9.17, 15) is 0 Å². The van der Waals surface area contributed by atoms with Crippen LogP contribution in [0.25, 0.3) is 0 Å². The molecule has 1 nitrogen and oxygen atoms in total. The van der Waals surface area contributed by atoms with Crippen molar-refractivity contribution in [1.82, 2.24) is 0 Å². The molecule has 0 heterocycles. The number of thiol groups is 1. The summed E-state index contributed by atoms with van der Waals surface area (Å²) < 4.78 is 0. The van der Waals surface area contributed by atoms with E-state index >= 15 is 0 Å². The Morgan fingerprint density at radius 1 is 1.50 bits per heavy atom. The maximum Gasteiger partial charge on any atom is 0.0459 e. The maximum absolute atomic E-state index is 8.65. The van der Waals surface area contributed by atoms with Crippen LogP contribution in [0.2, 0.25) is 0 Å². The number of rotatable bonds is 1. The number of hydrogen-bond acceptors (Lipinski definition) is 2. The highest BCUT2D eigenvalue weighted by Crippen LogP contribution is 2.28. The Morgan fingerprint density at radius 3 is 2.50 bits per heavy atom. The molecule has 2 atom stereocenters. The van der Waals surface area contributed by atoms with Crippen LogP contribution in [0.3, 0.4) is 0 Å². The van der Waals surface area contributed by atoms with Gasteiger partial charge in [-0.15, -0.1) is 0 Å². The third-order valence-corrected chi connectivity index (χ3v) is 2.24. The van der Waals surface area contributed by atoms with E-state index in [1.165, 1.54) is 12.8 Å². The number of aliphatic hydroxyl groups is 1. The molecule has 8 heavy (non-hydrogen) atoms. The molecule has 0 aliphatic heterocycles. The van der Waals surface area contributed by atoms with Crippen molar-refractivity contribution in [3.63, 3.8) is 0 Å². The molecule has 0 amide bonds. The van der Waals surface area contributed by atoms with E-state index in [1.807, 2.05) is 0 Å². The molecule has 1 N–H and O–H groups in total. The largest absolute Gasteiger partial charge is 0.396 e. The molecule has 0 saturated heterocycles. The highest BCUT2D eigenvalue weighted by atomic mass is 32.1. The lowest BCUT2D eigenvalue weighted by Gasteiger charge is -2.00. The molecule has 1 fully saturated rings. The first-order valence-corrected chi connectivity index (χ1v) is 3.63. The molecule has 0 spiro atoms. The van der Waals surface area contributed by atoms with Crippen LogP contribution >= 0.6 is 12.6 Å². The van der Waals surface area contributed by atoms with Crippen molar-refractivity contribution in [2.75, 3.05) is 6.61 Å². The summed E-state index contributed by atoms with van der Waals surface area (Å²) in [4.78, 5) is 0. The summed E-state index contributed by atoms with van der Waals surface area (Å²) in [6.45, 7) is 0.358. The van der Waals surface area contributed by atoms with Gasteiger partial charge in [0.25, 0.3) is 0 Å². The quantitative estimate of drug-likeness (QED) is 0.511.